The number of anilines is 1. The molecule has 2 N–H and O–H groups in total. The summed E-state index contributed by atoms with van der Waals surface area (Å²) in [5.41, 5.74) is 1.21. The minimum atomic E-state index is -0.354. The quantitative estimate of drug-likeness (QED) is 0.683. The second-order valence-corrected chi connectivity index (χ2v) is 7.14. The number of benzene rings is 1. The van der Waals surface area contributed by atoms with Gasteiger partial charge in [0.05, 0.1) is 21.8 Å². The molecular formula is C16H13N5OS2. The van der Waals surface area contributed by atoms with Gasteiger partial charge in [-0.05, 0) is 42.6 Å². The molecule has 1 amide bonds. The lowest BCUT2D eigenvalue weighted by Crippen LogP contribution is -2.22. The zero-order valence-corrected chi connectivity index (χ0v) is 14.3. The van der Waals surface area contributed by atoms with Gasteiger partial charge in [0.15, 0.2) is 5.82 Å². The number of rotatable bonds is 5. The third kappa shape index (κ3) is 3.82. The lowest BCUT2D eigenvalue weighted by molar-refractivity contribution is -0.115. The number of nitrogens with one attached hydrogen (secondary N) is 2. The maximum absolute atomic E-state index is 12.2. The predicted molar refractivity (Wildman–Crippen MR) is 94.8 cm³/mol. The molecule has 0 aliphatic rings. The van der Waals surface area contributed by atoms with Gasteiger partial charge in [-0.3, -0.25) is 9.89 Å². The van der Waals surface area contributed by atoms with Crippen LogP contribution in [0.5, 0.6) is 0 Å². The number of hydrogen-bond donors (Lipinski definition) is 2. The van der Waals surface area contributed by atoms with Gasteiger partial charge in [0.1, 0.15) is 0 Å². The zero-order chi connectivity index (χ0) is 16.9. The number of nitrogens with zero attached hydrogens (tertiary/aromatic N) is 3. The molecule has 1 aromatic carbocycles. The fourth-order valence-corrected chi connectivity index (χ4v) is 3.29. The largest absolute Gasteiger partial charge is 0.325 e. The van der Waals surface area contributed by atoms with E-state index in [0.29, 0.717) is 22.2 Å². The molecule has 0 aliphatic heterocycles. The van der Waals surface area contributed by atoms with E-state index >= 15 is 0 Å². The summed E-state index contributed by atoms with van der Waals surface area (Å²) in [6.07, 6.45) is 0. The van der Waals surface area contributed by atoms with E-state index in [-0.39, 0.29) is 11.2 Å². The molecule has 0 fully saturated rings. The molecular weight excluding hydrogens is 342 g/mol. The van der Waals surface area contributed by atoms with Gasteiger partial charge >= 0.3 is 0 Å². The van der Waals surface area contributed by atoms with Crippen LogP contribution in [-0.4, -0.2) is 26.3 Å². The van der Waals surface area contributed by atoms with E-state index < -0.39 is 0 Å². The molecule has 1 atom stereocenters. The highest BCUT2D eigenvalue weighted by Gasteiger charge is 2.17. The monoisotopic (exact) mass is 355 g/mol. The topological polar surface area (TPSA) is 94.5 Å². The Balaban J connectivity index is 1.60. The van der Waals surface area contributed by atoms with Crippen LogP contribution >= 0.6 is 23.1 Å². The second kappa shape index (κ2) is 7.29. The Morgan fingerprint density at radius 3 is 2.83 bits per heavy atom. The maximum atomic E-state index is 12.2. The number of thioether (sulfide) groups is 1. The van der Waals surface area contributed by atoms with Crippen molar-refractivity contribution >= 4 is 34.7 Å². The van der Waals surface area contributed by atoms with Gasteiger partial charge in [-0.2, -0.15) is 5.26 Å². The summed E-state index contributed by atoms with van der Waals surface area (Å²) < 4.78 is 0. The van der Waals surface area contributed by atoms with Crippen molar-refractivity contribution in [3.05, 3.63) is 47.3 Å². The van der Waals surface area contributed by atoms with Crippen LogP contribution in [0.1, 0.15) is 12.5 Å². The van der Waals surface area contributed by atoms with Gasteiger partial charge in [0.25, 0.3) is 0 Å². The minimum absolute atomic E-state index is 0.146. The van der Waals surface area contributed by atoms with Crippen LogP contribution in [0, 0.1) is 11.3 Å². The highest BCUT2D eigenvalue weighted by molar-refractivity contribution is 8.00. The van der Waals surface area contributed by atoms with Gasteiger partial charge in [-0.1, -0.05) is 17.8 Å². The summed E-state index contributed by atoms with van der Waals surface area (Å²) in [4.78, 5) is 17.6. The lowest BCUT2D eigenvalue weighted by Gasteiger charge is -2.10. The van der Waals surface area contributed by atoms with E-state index in [1.165, 1.54) is 11.8 Å². The standard InChI is InChI=1S/C16H13N5OS2/c1-10(15(22)18-12-6-4-11(9-17)5-7-12)24-16-19-14(20-21-16)13-3-2-8-23-13/h2-8,10H,1H3,(H,18,22)(H,19,20,21). The molecule has 120 valence electrons. The predicted octanol–water partition coefficient (Wildman–Crippen LogP) is 3.52. The van der Waals surface area contributed by atoms with Crippen LogP contribution in [-0.2, 0) is 4.79 Å². The molecule has 0 saturated heterocycles. The number of hydrogen-bond acceptors (Lipinski definition) is 6. The van der Waals surface area contributed by atoms with Crippen LogP contribution in [0.25, 0.3) is 10.7 Å². The van der Waals surface area contributed by atoms with Crippen LogP contribution in [0.2, 0.25) is 0 Å². The van der Waals surface area contributed by atoms with E-state index in [2.05, 4.69) is 20.5 Å². The van der Waals surface area contributed by atoms with Gasteiger partial charge in [-0.25, -0.2) is 4.98 Å². The van der Waals surface area contributed by atoms with E-state index in [4.69, 9.17) is 5.26 Å². The zero-order valence-electron chi connectivity index (χ0n) is 12.7. The summed E-state index contributed by atoms with van der Waals surface area (Å²) in [6.45, 7) is 1.80. The van der Waals surface area contributed by atoms with E-state index in [1.807, 2.05) is 23.6 Å². The van der Waals surface area contributed by atoms with Gasteiger partial charge in [0, 0.05) is 5.69 Å². The average Bonchev–Trinajstić information content (AvgIpc) is 3.26. The summed E-state index contributed by atoms with van der Waals surface area (Å²) in [5, 5.41) is 20.8. The fourth-order valence-electron chi connectivity index (χ4n) is 1.91. The minimum Gasteiger partial charge on any atom is -0.325 e. The van der Waals surface area contributed by atoms with Crippen LogP contribution in [0.15, 0.2) is 46.9 Å². The molecule has 0 aliphatic carbocycles. The van der Waals surface area contributed by atoms with Crippen molar-refractivity contribution in [2.24, 2.45) is 0 Å². The Morgan fingerprint density at radius 2 is 2.17 bits per heavy atom. The molecule has 0 saturated carbocycles. The van der Waals surface area contributed by atoms with Crippen molar-refractivity contribution in [1.82, 2.24) is 15.2 Å². The van der Waals surface area contributed by atoms with Crippen molar-refractivity contribution in [2.75, 3.05) is 5.32 Å². The Bertz CT molecular complexity index is 865. The van der Waals surface area contributed by atoms with E-state index in [1.54, 1.807) is 42.5 Å². The highest BCUT2D eigenvalue weighted by Crippen LogP contribution is 2.25. The molecule has 8 heteroatoms. The smallest absolute Gasteiger partial charge is 0.237 e. The lowest BCUT2D eigenvalue weighted by atomic mass is 10.2. The van der Waals surface area contributed by atoms with Crippen LogP contribution in [0.4, 0.5) is 5.69 Å². The highest BCUT2D eigenvalue weighted by atomic mass is 32.2. The van der Waals surface area contributed by atoms with Crippen molar-refractivity contribution in [1.29, 1.82) is 5.26 Å². The molecule has 6 nitrogen and oxygen atoms in total. The summed E-state index contributed by atoms with van der Waals surface area (Å²) >= 11 is 2.86. The molecule has 2 aromatic heterocycles. The first-order valence-electron chi connectivity index (χ1n) is 7.09. The van der Waals surface area contributed by atoms with Crippen molar-refractivity contribution in [2.45, 2.75) is 17.3 Å². The summed E-state index contributed by atoms with van der Waals surface area (Å²) in [6, 6.07) is 12.7. The average molecular weight is 355 g/mol. The Hall–Kier alpha value is -2.63. The summed E-state index contributed by atoms with van der Waals surface area (Å²) in [7, 11) is 0. The molecule has 1 unspecified atom stereocenters. The molecule has 3 aromatic rings. The molecule has 0 spiro atoms. The maximum Gasteiger partial charge on any atom is 0.237 e. The fraction of sp³-hybridized carbons (Fsp3) is 0.125. The van der Waals surface area contributed by atoms with Gasteiger partial charge in [0.2, 0.25) is 11.1 Å². The van der Waals surface area contributed by atoms with Gasteiger partial charge < -0.3 is 5.32 Å². The molecule has 0 radical (unpaired) electrons. The number of amides is 1. The molecule has 0 bridgehead atoms. The number of H-pyrrole nitrogens is 1. The Morgan fingerprint density at radius 1 is 1.38 bits per heavy atom. The van der Waals surface area contributed by atoms with Crippen LogP contribution in [0.3, 0.4) is 0 Å². The Labute approximate surface area is 146 Å². The number of carbonyl (C=O) groups is 1. The second-order valence-electron chi connectivity index (χ2n) is 4.88. The van der Waals surface area contributed by atoms with Crippen molar-refractivity contribution < 1.29 is 4.79 Å². The summed E-state index contributed by atoms with van der Waals surface area (Å²) in [5.74, 6) is 0.555. The third-order valence-electron chi connectivity index (χ3n) is 3.15. The van der Waals surface area contributed by atoms with Crippen LogP contribution < -0.4 is 5.32 Å². The van der Waals surface area contributed by atoms with Crippen molar-refractivity contribution in [3.63, 3.8) is 0 Å². The number of aromatic amines is 1. The van der Waals surface area contributed by atoms with Crippen molar-refractivity contribution in [3.8, 4) is 16.8 Å². The first kappa shape index (κ1) is 16.2. The Kier molecular flexibility index (Phi) is 4.93. The normalized spacial score (nSPS) is 11.7. The third-order valence-corrected chi connectivity index (χ3v) is 4.99. The number of nitriles is 1. The first-order chi connectivity index (χ1) is 11.7. The van der Waals surface area contributed by atoms with E-state index in [9.17, 15) is 4.79 Å². The number of thiophene rings is 1. The van der Waals surface area contributed by atoms with Gasteiger partial charge in [-0.15, -0.1) is 16.4 Å². The SMILES string of the molecule is CC(Sc1n[nH]c(-c2cccs2)n1)C(=O)Nc1ccc(C#N)cc1. The van der Waals surface area contributed by atoms with E-state index in [0.717, 1.165) is 4.88 Å². The number of aromatic nitrogens is 3. The molecule has 2 heterocycles. The molecule has 24 heavy (non-hydrogen) atoms. The molecule has 3 rings (SSSR count). The first-order valence-corrected chi connectivity index (χ1v) is 8.85. The number of carbonyl (C=O) groups excluding carboxylic acids is 1.